The van der Waals surface area contributed by atoms with Crippen LogP contribution in [0.1, 0.15) is 15.9 Å². The summed E-state index contributed by atoms with van der Waals surface area (Å²) >= 11 is 0. The number of carboxylic acid groups (broad SMARTS) is 1. The van der Waals surface area contributed by atoms with Crippen LogP contribution in [0.4, 0.5) is 5.69 Å². The van der Waals surface area contributed by atoms with E-state index in [0.717, 1.165) is 5.56 Å². The Bertz CT molecular complexity index is 914. The number of carboxylic acids is 1. The molecule has 0 radical (unpaired) electrons. The second kappa shape index (κ2) is 4.96. The van der Waals surface area contributed by atoms with Gasteiger partial charge in [0.2, 0.25) is 0 Å². The standard InChI is InChI=1S/C15H11N3O4/c1-8-5-6-9(18(21)22)7-11(8)14-13-10(15(19)20)3-2-4-12(13)16-17-14/h2-7H,1H3,(H,16,17)(H,19,20). The molecule has 110 valence electrons. The molecule has 3 aromatic rings. The Kier molecular flexibility index (Phi) is 3.10. The number of benzene rings is 2. The molecule has 0 aliphatic rings. The van der Waals surface area contributed by atoms with E-state index in [0.29, 0.717) is 22.2 Å². The third-order valence-corrected chi connectivity index (χ3v) is 3.51. The molecule has 0 unspecified atom stereocenters. The monoisotopic (exact) mass is 297 g/mol. The number of hydrogen-bond donors (Lipinski definition) is 2. The number of aromatic carboxylic acids is 1. The summed E-state index contributed by atoms with van der Waals surface area (Å²) in [6.45, 7) is 1.79. The number of nitrogens with one attached hydrogen (secondary N) is 1. The van der Waals surface area contributed by atoms with Crippen molar-refractivity contribution >= 4 is 22.6 Å². The number of aryl methyl sites for hydroxylation is 1. The molecule has 0 aliphatic carbocycles. The van der Waals surface area contributed by atoms with Gasteiger partial charge in [0.15, 0.2) is 0 Å². The number of H-pyrrole nitrogens is 1. The lowest BCUT2D eigenvalue weighted by molar-refractivity contribution is -0.384. The smallest absolute Gasteiger partial charge is 0.336 e. The highest BCUT2D eigenvalue weighted by Crippen LogP contribution is 2.33. The zero-order valence-electron chi connectivity index (χ0n) is 11.5. The number of fused-ring (bicyclic) bond motifs is 1. The second-order valence-electron chi connectivity index (χ2n) is 4.86. The molecule has 2 N–H and O–H groups in total. The lowest BCUT2D eigenvalue weighted by atomic mass is 9.99. The number of nitrogens with zero attached hydrogens (tertiary/aromatic N) is 2. The fourth-order valence-electron chi connectivity index (χ4n) is 2.42. The highest BCUT2D eigenvalue weighted by atomic mass is 16.6. The molecule has 2 aromatic carbocycles. The minimum absolute atomic E-state index is 0.0652. The number of nitro groups is 1. The van der Waals surface area contributed by atoms with E-state index in [4.69, 9.17) is 0 Å². The molecular weight excluding hydrogens is 286 g/mol. The third-order valence-electron chi connectivity index (χ3n) is 3.51. The van der Waals surface area contributed by atoms with Crippen LogP contribution in [0.5, 0.6) is 0 Å². The first-order chi connectivity index (χ1) is 10.5. The van der Waals surface area contributed by atoms with E-state index >= 15 is 0 Å². The molecule has 0 fully saturated rings. The topological polar surface area (TPSA) is 109 Å². The normalized spacial score (nSPS) is 10.8. The maximum absolute atomic E-state index is 11.4. The quantitative estimate of drug-likeness (QED) is 0.570. The molecule has 0 amide bonds. The summed E-state index contributed by atoms with van der Waals surface area (Å²) in [7, 11) is 0. The molecule has 7 heteroatoms. The molecule has 0 spiro atoms. The number of hydrogen-bond acceptors (Lipinski definition) is 4. The molecule has 0 aliphatic heterocycles. The molecular formula is C15H11N3O4. The summed E-state index contributed by atoms with van der Waals surface area (Å²) in [5, 5.41) is 27.7. The molecule has 22 heavy (non-hydrogen) atoms. The molecule has 0 atom stereocenters. The summed E-state index contributed by atoms with van der Waals surface area (Å²) in [4.78, 5) is 21.9. The molecule has 0 saturated heterocycles. The number of non-ortho nitro benzene ring substituents is 1. The van der Waals surface area contributed by atoms with E-state index in [9.17, 15) is 20.0 Å². The van der Waals surface area contributed by atoms with Crippen LogP contribution >= 0.6 is 0 Å². The van der Waals surface area contributed by atoms with E-state index in [2.05, 4.69) is 10.2 Å². The van der Waals surface area contributed by atoms with Crippen molar-refractivity contribution in [3.05, 3.63) is 57.6 Å². The van der Waals surface area contributed by atoms with Crippen LogP contribution < -0.4 is 0 Å². The Labute approximate surface area is 124 Å². The Hall–Kier alpha value is -3.22. The molecule has 0 bridgehead atoms. The lowest BCUT2D eigenvalue weighted by Crippen LogP contribution is -1.98. The number of nitro benzene ring substituents is 1. The predicted octanol–water partition coefficient (Wildman–Crippen LogP) is 3.14. The van der Waals surface area contributed by atoms with Gasteiger partial charge in [-0.3, -0.25) is 15.2 Å². The largest absolute Gasteiger partial charge is 0.478 e. The van der Waals surface area contributed by atoms with Gasteiger partial charge in [0.1, 0.15) is 5.69 Å². The Morgan fingerprint density at radius 1 is 1.32 bits per heavy atom. The highest BCUT2D eigenvalue weighted by Gasteiger charge is 2.19. The molecule has 7 nitrogen and oxygen atoms in total. The maximum Gasteiger partial charge on any atom is 0.336 e. The average molecular weight is 297 g/mol. The Morgan fingerprint density at radius 2 is 2.09 bits per heavy atom. The van der Waals surface area contributed by atoms with Gasteiger partial charge in [0.05, 0.1) is 16.0 Å². The van der Waals surface area contributed by atoms with Gasteiger partial charge in [-0.1, -0.05) is 12.1 Å². The third kappa shape index (κ3) is 2.08. The first-order valence-electron chi connectivity index (χ1n) is 6.45. The zero-order valence-corrected chi connectivity index (χ0v) is 11.5. The van der Waals surface area contributed by atoms with Gasteiger partial charge in [-0.25, -0.2) is 4.79 Å². The van der Waals surface area contributed by atoms with Crippen LogP contribution in [0.3, 0.4) is 0 Å². The molecule has 1 aromatic heterocycles. The van der Waals surface area contributed by atoms with Gasteiger partial charge in [0, 0.05) is 23.1 Å². The first kappa shape index (κ1) is 13.7. The summed E-state index contributed by atoms with van der Waals surface area (Å²) in [5.74, 6) is -1.07. The van der Waals surface area contributed by atoms with Crippen molar-refractivity contribution in [3.63, 3.8) is 0 Å². The van der Waals surface area contributed by atoms with E-state index in [1.165, 1.54) is 18.2 Å². The fourth-order valence-corrected chi connectivity index (χ4v) is 2.42. The van der Waals surface area contributed by atoms with Gasteiger partial charge in [-0.15, -0.1) is 0 Å². The van der Waals surface area contributed by atoms with Crippen LogP contribution in [0, 0.1) is 17.0 Å². The summed E-state index contributed by atoms with van der Waals surface area (Å²) in [6, 6.07) is 9.25. The van der Waals surface area contributed by atoms with E-state index in [-0.39, 0.29) is 11.3 Å². The number of aromatic nitrogens is 2. The van der Waals surface area contributed by atoms with Crippen molar-refractivity contribution in [1.29, 1.82) is 0 Å². The van der Waals surface area contributed by atoms with Gasteiger partial charge >= 0.3 is 5.97 Å². The van der Waals surface area contributed by atoms with Gasteiger partial charge in [-0.2, -0.15) is 5.10 Å². The van der Waals surface area contributed by atoms with Crippen molar-refractivity contribution in [2.45, 2.75) is 6.92 Å². The highest BCUT2D eigenvalue weighted by molar-refractivity contribution is 6.08. The van der Waals surface area contributed by atoms with Crippen LogP contribution in [-0.2, 0) is 0 Å². The van der Waals surface area contributed by atoms with Gasteiger partial charge in [0.25, 0.3) is 5.69 Å². The lowest BCUT2D eigenvalue weighted by Gasteiger charge is -2.05. The second-order valence-corrected chi connectivity index (χ2v) is 4.86. The van der Waals surface area contributed by atoms with Crippen LogP contribution in [0.15, 0.2) is 36.4 Å². The average Bonchev–Trinajstić information content (AvgIpc) is 2.91. The van der Waals surface area contributed by atoms with E-state index < -0.39 is 10.9 Å². The summed E-state index contributed by atoms with van der Waals surface area (Å²) in [5.41, 5.74) is 2.32. The maximum atomic E-state index is 11.4. The summed E-state index contributed by atoms with van der Waals surface area (Å²) in [6.07, 6.45) is 0. The first-order valence-corrected chi connectivity index (χ1v) is 6.45. The van der Waals surface area contributed by atoms with Gasteiger partial charge < -0.3 is 5.11 Å². The van der Waals surface area contributed by atoms with Gasteiger partial charge in [-0.05, 0) is 24.6 Å². The predicted molar refractivity (Wildman–Crippen MR) is 79.9 cm³/mol. The SMILES string of the molecule is Cc1ccc([N+](=O)[O-])cc1-c1n[nH]c2cccc(C(=O)O)c12. The van der Waals surface area contributed by atoms with Crippen molar-refractivity contribution in [3.8, 4) is 11.3 Å². The summed E-state index contributed by atoms with van der Waals surface area (Å²) < 4.78 is 0. The van der Waals surface area contributed by atoms with Crippen LogP contribution in [0.25, 0.3) is 22.2 Å². The molecule has 3 rings (SSSR count). The number of rotatable bonds is 3. The zero-order chi connectivity index (χ0) is 15.9. The Balaban J connectivity index is 2.34. The Morgan fingerprint density at radius 3 is 2.77 bits per heavy atom. The number of carbonyl (C=O) groups is 1. The molecule has 1 heterocycles. The van der Waals surface area contributed by atoms with E-state index in [1.54, 1.807) is 25.1 Å². The van der Waals surface area contributed by atoms with Crippen molar-refractivity contribution in [2.24, 2.45) is 0 Å². The fraction of sp³-hybridized carbons (Fsp3) is 0.0667. The van der Waals surface area contributed by atoms with Crippen LogP contribution in [0.2, 0.25) is 0 Å². The van der Waals surface area contributed by atoms with Crippen molar-refractivity contribution in [1.82, 2.24) is 10.2 Å². The van der Waals surface area contributed by atoms with Crippen molar-refractivity contribution < 1.29 is 14.8 Å². The molecule has 0 saturated carbocycles. The van der Waals surface area contributed by atoms with Crippen LogP contribution in [-0.4, -0.2) is 26.2 Å². The van der Waals surface area contributed by atoms with E-state index in [1.807, 2.05) is 0 Å². The number of aromatic amines is 1. The minimum Gasteiger partial charge on any atom is -0.478 e. The van der Waals surface area contributed by atoms with Crippen molar-refractivity contribution in [2.75, 3.05) is 0 Å². The minimum atomic E-state index is -1.07.